The Balaban J connectivity index is 2.15. The van der Waals surface area contributed by atoms with Gasteiger partial charge in [0.15, 0.2) is 0 Å². The molecule has 8 heteroatoms. The lowest BCUT2D eigenvalue weighted by Crippen LogP contribution is -2.24. The highest BCUT2D eigenvalue weighted by Crippen LogP contribution is 2.29. The number of nitrogens with one attached hydrogen (secondary N) is 1. The summed E-state index contributed by atoms with van der Waals surface area (Å²) in [4.78, 5) is 31.7. The first-order chi connectivity index (χ1) is 13.3. The van der Waals surface area contributed by atoms with Gasteiger partial charge >= 0.3 is 5.97 Å². The van der Waals surface area contributed by atoms with Gasteiger partial charge in [-0.15, -0.1) is 11.8 Å². The molecule has 28 heavy (non-hydrogen) atoms. The van der Waals surface area contributed by atoms with Crippen LogP contribution in [0.15, 0.2) is 23.2 Å². The van der Waals surface area contributed by atoms with Gasteiger partial charge < -0.3 is 16.2 Å². The van der Waals surface area contributed by atoms with Crippen LogP contribution in [0.4, 0.5) is 5.95 Å². The molecule has 0 bridgehead atoms. The van der Waals surface area contributed by atoms with Crippen molar-refractivity contribution in [3.63, 3.8) is 0 Å². The third kappa shape index (κ3) is 5.95. The third-order valence-electron chi connectivity index (χ3n) is 4.23. The van der Waals surface area contributed by atoms with E-state index < -0.39 is 5.97 Å². The van der Waals surface area contributed by atoms with E-state index in [1.807, 2.05) is 13.0 Å². The molecule has 0 aliphatic rings. The van der Waals surface area contributed by atoms with E-state index in [0.29, 0.717) is 40.6 Å². The van der Waals surface area contributed by atoms with E-state index in [9.17, 15) is 14.7 Å². The lowest BCUT2D eigenvalue weighted by atomic mass is 9.98. The maximum Gasteiger partial charge on any atom is 0.335 e. The van der Waals surface area contributed by atoms with Crippen LogP contribution < -0.4 is 11.1 Å². The van der Waals surface area contributed by atoms with E-state index in [0.717, 1.165) is 18.4 Å². The standard InChI is InChI=1S/C20H26N4O3S/c1-4-5-7-22-17(25)6-8-28-18-11-16(23-20(21)24-18)14-10-15(19(26)27)13(3)9-12(14)2/h9-11H,4-8H2,1-3H3,(H,22,25)(H,26,27)(H2,21,23,24). The van der Waals surface area contributed by atoms with Gasteiger partial charge in [0.05, 0.1) is 11.3 Å². The zero-order chi connectivity index (χ0) is 20.7. The first-order valence-corrected chi connectivity index (χ1v) is 10.2. The molecule has 0 saturated heterocycles. The van der Waals surface area contributed by atoms with Crippen molar-refractivity contribution in [1.29, 1.82) is 0 Å². The largest absolute Gasteiger partial charge is 0.478 e. The number of hydrogen-bond acceptors (Lipinski definition) is 6. The molecule has 0 radical (unpaired) electrons. The number of aryl methyl sites for hydroxylation is 2. The summed E-state index contributed by atoms with van der Waals surface area (Å²) in [5, 5.41) is 12.9. The molecule has 2 aromatic rings. The average molecular weight is 403 g/mol. The molecule has 0 saturated carbocycles. The number of nitrogens with zero attached hydrogens (tertiary/aromatic N) is 2. The summed E-state index contributed by atoms with van der Waals surface area (Å²) in [7, 11) is 0. The number of aromatic carboxylic acids is 1. The highest BCUT2D eigenvalue weighted by atomic mass is 32.2. The maximum absolute atomic E-state index is 11.8. The minimum absolute atomic E-state index is 0.0173. The second kappa shape index (κ2) is 10.1. The molecule has 4 N–H and O–H groups in total. The first kappa shape index (κ1) is 21.7. The molecular formula is C20H26N4O3S. The fourth-order valence-electron chi connectivity index (χ4n) is 2.75. The van der Waals surface area contributed by atoms with Gasteiger partial charge in [-0.05, 0) is 43.5 Å². The van der Waals surface area contributed by atoms with Crippen LogP contribution in [-0.4, -0.2) is 39.2 Å². The molecule has 0 aliphatic heterocycles. The summed E-state index contributed by atoms with van der Waals surface area (Å²) in [5.41, 5.74) is 8.97. The van der Waals surface area contributed by atoms with Crippen molar-refractivity contribution < 1.29 is 14.7 Å². The number of rotatable bonds is 9. The van der Waals surface area contributed by atoms with Crippen molar-refractivity contribution in [3.05, 3.63) is 34.9 Å². The number of anilines is 1. The molecule has 0 spiro atoms. The van der Waals surface area contributed by atoms with Crippen LogP contribution in [-0.2, 0) is 4.79 Å². The molecule has 2 rings (SSSR count). The van der Waals surface area contributed by atoms with E-state index in [1.165, 1.54) is 11.8 Å². The van der Waals surface area contributed by atoms with Gasteiger partial charge in [-0.1, -0.05) is 19.4 Å². The molecule has 1 heterocycles. The van der Waals surface area contributed by atoms with Crippen LogP contribution in [0, 0.1) is 13.8 Å². The highest BCUT2D eigenvalue weighted by Gasteiger charge is 2.14. The van der Waals surface area contributed by atoms with E-state index in [2.05, 4.69) is 22.2 Å². The van der Waals surface area contributed by atoms with Crippen LogP contribution in [0.3, 0.4) is 0 Å². The van der Waals surface area contributed by atoms with Crippen molar-refractivity contribution >= 4 is 29.6 Å². The molecule has 150 valence electrons. The second-order valence-electron chi connectivity index (χ2n) is 6.54. The number of hydrogen-bond donors (Lipinski definition) is 3. The van der Waals surface area contributed by atoms with E-state index in [1.54, 1.807) is 19.1 Å². The van der Waals surface area contributed by atoms with Gasteiger partial charge in [0.25, 0.3) is 0 Å². The van der Waals surface area contributed by atoms with Crippen LogP contribution in [0.25, 0.3) is 11.3 Å². The summed E-state index contributed by atoms with van der Waals surface area (Å²) in [6, 6.07) is 5.22. The second-order valence-corrected chi connectivity index (χ2v) is 7.65. The van der Waals surface area contributed by atoms with Crippen molar-refractivity contribution in [2.24, 2.45) is 0 Å². The van der Waals surface area contributed by atoms with E-state index in [4.69, 9.17) is 5.73 Å². The van der Waals surface area contributed by atoms with Crippen LogP contribution in [0.2, 0.25) is 0 Å². The number of nitrogens with two attached hydrogens (primary N) is 1. The molecule has 1 amide bonds. The summed E-state index contributed by atoms with van der Waals surface area (Å²) in [6.45, 7) is 6.44. The average Bonchev–Trinajstić information content (AvgIpc) is 2.61. The van der Waals surface area contributed by atoms with Gasteiger partial charge in [-0.25, -0.2) is 14.8 Å². The van der Waals surface area contributed by atoms with Gasteiger partial charge in [-0.2, -0.15) is 0 Å². The number of carboxylic acid groups (broad SMARTS) is 1. The maximum atomic E-state index is 11.8. The molecule has 1 aromatic carbocycles. The molecule has 1 aromatic heterocycles. The zero-order valence-electron chi connectivity index (χ0n) is 16.4. The van der Waals surface area contributed by atoms with Gasteiger partial charge in [-0.3, -0.25) is 4.79 Å². The minimum Gasteiger partial charge on any atom is -0.478 e. The first-order valence-electron chi connectivity index (χ1n) is 9.20. The number of nitrogen functional groups attached to an aromatic ring is 1. The third-order valence-corrected chi connectivity index (χ3v) is 5.14. The normalized spacial score (nSPS) is 10.7. The smallest absolute Gasteiger partial charge is 0.335 e. The van der Waals surface area contributed by atoms with Gasteiger partial charge in [0.1, 0.15) is 5.03 Å². The Morgan fingerprint density at radius 1 is 1.18 bits per heavy atom. The van der Waals surface area contributed by atoms with Crippen LogP contribution in [0.5, 0.6) is 0 Å². The number of benzene rings is 1. The Labute approximate surface area is 169 Å². The molecule has 0 aliphatic carbocycles. The summed E-state index contributed by atoms with van der Waals surface area (Å²) >= 11 is 1.42. The predicted octanol–water partition coefficient (Wildman–Crippen LogP) is 3.44. The number of thioether (sulfide) groups is 1. The lowest BCUT2D eigenvalue weighted by molar-refractivity contribution is -0.120. The number of unbranched alkanes of at least 4 members (excludes halogenated alkanes) is 1. The summed E-state index contributed by atoms with van der Waals surface area (Å²) < 4.78 is 0. The number of carbonyl (C=O) groups is 2. The Morgan fingerprint density at radius 3 is 2.61 bits per heavy atom. The SMILES string of the molecule is CCCCNC(=O)CCSc1cc(-c2cc(C(=O)O)c(C)cc2C)nc(N)n1. The quantitative estimate of drug-likeness (QED) is 0.334. The highest BCUT2D eigenvalue weighted by molar-refractivity contribution is 7.99. The fraction of sp³-hybridized carbons (Fsp3) is 0.400. The zero-order valence-corrected chi connectivity index (χ0v) is 17.2. The van der Waals surface area contributed by atoms with Crippen LogP contribution >= 0.6 is 11.8 Å². The number of carbonyl (C=O) groups excluding carboxylic acids is 1. The Morgan fingerprint density at radius 2 is 1.93 bits per heavy atom. The molecule has 0 fully saturated rings. The topological polar surface area (TPSA) is 118 Å². The van der Waals surface area contributed by atoms with Gasteiger partial charge in [0.2, 0.25) is 11.9 Å². The van der Waals surface area contributed by atoms with Crippen molar-refractivity contribution in [2.75, 3.05) is 18.0 Å². The lowest BCUT2D eigenvalue weighted by Gasteiger charge is -2.11. The molecule has 0 unspecified atom stereocenters. The summed E-state index contributed by atoms with van der Waals surface area (Å²) in [5.74, 6) is -0.279. The number of aromatic nitrogens is 2. The molecule has 0 atom stereocenters. The molecule has 7 nitrogen and oxygen atoms in total. The van der Waals surface area contributed by atoms with Crippen molar-refractivity contribution in [1.82, 2.24) is 15.3 Å². The van der Waals surface area contributed by atoms with Gasteiger partial charge in [0, 0.05) is 24.3 Å². The van der Waals surface area contributed by atoms with E-state index >= 15 is 0 Å². The number of amides is 1. The molecular weight excluding hydrogens is 376 g/mol. The Bertz CT molecular complexity index is 871. The minimum atomic E-state index is -0.982. The van der Waals surface area contributed by atoms with Crippen molar-refractivity contribution in [2.45, 2.75) is 45.1 Å². The Kier molecular flexibility index (Phi) is 7.80. The van der Waals surface area contributed by atoms with Crippen molar-refractivity contribution in [3.8, 4) is 11.3 Å². The number of carboxylic acids is 1. The predicted molar refractivity (Wildman–Crippen MR) is 112 cm³/mol. The Hall–Kier alpha value is -2.61. The fourth-order valence-corrected chi connectivity index (χ4v) is 3.60. The summed E-state index contributed by atoms with van der Waals surface area (Å²) in [6.07, 6.45) is 2.40. The van der Waals surface area contributed by atoms with Crippen LogP contribution in [0.1, 0.15) is 47.7 Å². The monoisotopic (exact) mass is 402 g/mol. The van der Waals surface area contributed by atoms with E-state index in [-0.39, 0.29) is 17.4 Å².